The van der Waals surface area contributed by atoms with Crippen LogP contribution in [0.2, 0.25) is 0 Å². The summed E-state index contributed by atoms with van der Waals surface area (Å²) in [5, 5.41) is 27.0. The summed E-state index contributed by atoms with van der Waals surface area (Å²) in [6.45, 7) is 20.0. The van der Waals surface area contributed by atoms with Gasteiger partial charge < -0.3 is 54.6 Å². The van der Waals surface area contributed by atoms with E-state index in [-0.39, 0.29) is 105 Å². The molecular weight excluding hydrogens is 855 g/mol. The average molecular weight is 934 g/mol. The van der Waals surface area contributed by atoms with Gasteiger partial charge >= 0.3 is 35.9 Å². The van der Waals surface area contributed by atoms with Gasteiger partial charge in [-0.25, -0.2) is 4.79 Å². The smallest absolute Gasteiger partial charge is 0.320 e. The van der Waals surface area contributed by atoms with E-state index in [2.05, 4.69) is 16.0 Å². The van der Waals surface area contributed by atoms with Gasteiger partial charge in [0.25, 0.3) is 0 Å². The predicted molar refractivity (Wildman–Crippen MR) is 238 cm³/mol. The van der Waals surface area contributed by atoms with Gasteiger partial charge in [0.2, 0.25) is 5.91 Å². The Kier molecular flexibility index (Phi) is 28.0. The van der Waals surface area contributed by atoms with Crippen molar-refractivity contribution in [3.05, 3.63) is 0 Å². The van der Waals surface area contributed by atoms with Crippen molar-refractivity contribution >= 4 is 41.8 Å². The number of hydrogen-bond acceptors (Lipinski definition) is 17. The largest absolute Gasteiger partial charge is 0.481 e. The third kappa shape index (κ3) is 33.0. The third-order valence-electron chi connectivity index (χ3n) is 9.03. The highest BCUT2D eigenvalue weighted by Gasteiger charge is 2.30. The number of ether oxygens (including phenoxy) is 6. The number of hydrogen-bond donors (Lipinski definition) is 5. The Labute approximate surface area is 384 Å². The molecule has 0 aromatic heterocycles. The fourth-order valence-corrected chi connectivity index (χ4v) is 6.20. The molecule has 22 nitrogen and oxygen atoms in total. The van der Waals surface area contributed by atoms with Crippen molar-refractivity contribution < 1.29 is 72.2 Å². The molecule has 5 N–H and O–H groups in total. The molecule has 1 rings (SSSR count). The molecule has 0 bridgehead atoms. The molecule has 0 aromatic carbocycles. The summed E-state index contributed by atoms with van der Waals surface area (Å²) in [7, 11) is 0. The van der Waals surface area contributed by atoms with E-state index in [4.69, 9.17) is 33.5 Å². The van der Waals surface area contributed by atoms with Crippen LogP contribution in [-0.4, -0.2) is 226 Å². The monoisotopic (exact) mass is 934 g/mol. The number of nitrogens with zero attached hydrogens (tertiary/aromatic N) is 4. The van der Waals surface area contributed by atoms with E-state index in [1.165, 1.54) is 0 Å². The summed E-state index contributed by atoms with van der Waals surface area (Å²) >= 11 is 0. The third-order valence-corrected chi connectivity index (χ3v) is 9.03. The fraction of sp³-hybridized carbons (Fsp3) is 0.837. The van der Waals surface area contributed by atoms with E-state index in [0.29, 0.717) is 46.0 Å². The molecule has 376 valence electrons. The Morgan fingerprint density at radius 2 is 0.862 bits per heavy atom. The van der Waals surface area contributed by atoms with Gasteiger partial charge in [-0.05, 0) is 68.7 Å². The minimum Gasteiger partial charge on any atom is -0.481 e. The van der Waals surface area contributed by atoms with Crippen LogP contribution in [0.3, 0.4) is 0 Å². The first-order valence-corrected chi connectivity index (χ1v) is 22.3. The highest BCUT2D eigenvalue weighted by Crippen LogP contribution is 2.14. The van der Waals surface area contributed by atoms with Crippen LogP contribution >= 0.6 is 0 Å². The van der Waals surface area contributed by atoms with Gasteiger partial charge in [-0.15, -0.1) is 0 Å². The maximum absolute atomic E-state index is 13.0. The summed E-state index contributed by atoms with van der Waals surface area (Å²) in [6.07, 6.45) is -0.232. The number of esters is 3. The Balaban J connectivity index is 2.90. The van der Waals surface area contributed by atoms with E-state index in [0.717, 1.165) is 0 Å². The van der Waals surface area contributed by atoms with E-state index in [1.54, 1.807) is 67.2 Å². The van der Waals surface area contributed by atoms with Gasteiger partial charge in [-0.2, -0.15) is 0 Å². The number of carbonyl (C=O) groups is 7. The van der Waals surface area contributed by atoms with Crippen molar-refractivity contribution in [1.82, 2.24) is 35.6 Å². The van der Waals surface area contributed by atoms with Crippen LogP contribution in [0.5, 0.6) is 0 Å². The molecule has 3 amide bonds. The van der Waals surface area contributed by atoms with E-state index in [1.807, 2.05) is 14.7 Å². The summed E-state index contributed by atoms with van der Waals surface area (Å²) in [6, 6.07) is -1.56. The normalized spacial score (nSPS) is 16.0. The van der Waals surface area contributed by atoms with Crippen LogP contribution in [-0.2, 0) is 57.2 Å². The minimum absolute atomic E-state index is 0.0250. The molecule has 0 unspecified atom stereocenters. The lowest BCUT2D eigenvalue weighted by molar-refractivity contribution is -0.158. The lowest BCUT2D eigenvalue weighted by atomic mass is 10.1. The summed E-state index contributed by atoms with van der Waals surface area (Å²) < 4.78 is 32.7. The van der Waals surface area contributed by atoms with Crippen molar-refractivity contribution in [2.24, 2.45) is 0 Å². The number of urea groups is 1. The average Bonchev–Trinajstić information content (AvgIpc) is 3.15. The quantitative estimate of drug-likeness (QED) is 0.0447. The van der Waals surface area contributed by atoms with Gasteiger partial charge in [0.15, 0.2) is 0 Å². The summed E-state index contributed by atoms with van der Waals surface area (Å²) in [5.41, 5.74) is -2.16. The Morgan fingerprint density at radius 1 is 0.492 bits per heavy atom. The molecule has 1 fully saturated rings. The fourth-order valence-electron chi connectivity index (χ4n) is 6.20. The second-order valence-electron chi connectivity index (χ2n) is 18.5. The first-order chi connectivity index (χ1) is 30.3. The van der Waals surface area contributed by atoms with Crippen LogP contribution in [0.4, 0.5) is 4.79 Å². The second-order valence-corrected chi connectivity index (χ2v) is 18.5. The molecule has 0 aliphatic carbocycles. The van der Waals surface area contributed by atoms with Gasteiger partial charge in [0, 0.05) is 78.4 Å². The van der Waals surface area contributed by atoms with Gasteiger partial charge in [0.05, 0.1) is 65.7 Å². The minimum atomic E-state index is -1.14. The lowest BCUT2D eigenvalue weighted by Gasteiger charge is -2.36. The molecule has 0 aromatic rings. The molecule has 0 spiro atoms. The van der Waals surface area contributed by atoms with Crippen molar-refractivity contribution in [3.63, 3.8) is 0 Å². The molecule has 0 saturated carbocycles. The van der Waals surface area contributed by atoms with Crippen LogP contribution in [0, 0.1) is 0 Å². The highest BCUT2D eigenvalue weighted by atomic mass is 16.6. The first kappa shape index (κ1) is 58.8. The number of carboxylic acids is 2. The zero-order valence-electron chi connectivity index (χ0n) is 40.3. The maximum Gasteiger partial charge on any atom is 0.320 e. The standard InChI is InChI=1S/C43H79N7O15/c1-41(2,3)63-36(54)30-47-16-18-48(31-37(55)64-42(4,5)6)20-22-50(23-21-49(19-17-47)32-38(56)65-43(7,8)9)33(39(57)58)10-11-34(51)44-13-14-45-40(59)46-15-25-61-27-29-62-28-26-60-24-12-35(52)53/h33H,10-32H2,1-9H3,(H,44,51)(H,52,53)(H,57,58)(H2,45,46,59)/t33-/m1/s1. The number of nitrogens with one attached hydrogen (secondary N) is 3. The van der Waals surface area contributed by atoms with Crippen LogP contribution in [0.15, 0.2) is 0 Å². The molecule has 0 radical (unpaired) electrons. The molecule has 1 saturated heterocycles. The highest BCUT2D eigenvalue weighted by molar-refractivity contribution is 5.79. The zero-order valence-corrected chi connectivity index (χ0v) is 40.3. The summed E-state index contributed by atoms with van der Waals surface area (Å²) in [4.78, 5) is 94.8. The Morgan fingerprint density at radius 3 is 1.26 bits per heavy atom. The molecule has 22 heteroatoms. The Bertz CT molecular complexity index is 1420. The van der Waals surface area contributed by atoms with E-state index < -0.39 is 64.6 Å². The van der Waals surface area contributed by atoms with Gasteiger partial charge in [-0.3, -0.25) is 48.4 Å². The molecule has 1 atom stereocenters. The zero-order chi connectivity index (χ0) is 49.1. The number of aliphatic carboxylic acids is 2. The topological polar surface area (TPSA) is 264 Å². The summed E-state index contributed by atoms with van der Waals surface area (Å²) in [5.74, 6) is -3.81. The predicted octanol–water partition coefficient (Wildman–Crippen LogP) is 0.406. The van der Waals surface area contributed by atoms with Gasteiger partial charge in [0.1, 0.15) is 22.8 Å². The van der Waals surface area contributed by atoms with Crippen molar-refractivity contribution in [2.75, 3.05) is 131 Å². The van der Waals surface area contributed by atoms with Gasteiger partial charge in [-0.1, -0.05) is 0 Å². The number of rotatable bonds is 26. The lowest BCUT2D eigenvalue weighted by Crippen LogP contribution is -2.52. The SMILES string of the molecule is CC(C)(C)OC(=O)CN1CCN(CC(=O)OC(C)(C)C)CCN([C@H](CCC(=O)NCCNC(=O)NCCOCCOCCOCCC(=O)O)C(=O)O)CCN(CC(=O)OC(C)(C)C)CC1. The Hall–Kier alpha value is -4.19. The van der Waals surface area contributed by atoms with E-state index in [9.17, 15) is 38.7 Å². The maximum atomic E-state index is 13.0. The van der Waals surface area contributed by atoms with Crippen molar-refractivity contribution in [2.45, 2.75) is 104 Å². The van der Waals surface area contributed by atoms with Crippen LogP contribution in [0.25, 0.3) is 0 Å². The first-order valence-electron chi connectivity index (χ1n) is 22.3. The second kappa shape index (κ2) is 30.9. The van der Waals surface area contributed by atoms with E-state index >= 15 is 0 Å². The van der Waals surface area contributed by atoms with Crippen molar-refractivity contribution in [3.8, 4) is 0 Å². The molecule has 1 heterocycles. The molecule has 1 aliphatic rings. The van der Waals surface area contributed by atoms with Crippen LogP contribution in [0.1, 0.15) is 81.6 Å². The number of amides is 3. The molecular formula is C43H79N7O15. The van der Waals surface area contributed by atoms with Crippen molar-refractivity contribution in [1.29, 1.82) is 0 Å². The number of carbonyl (C=O) groups excluding carboxylic acids is 5. The molecule has 65 heavy (non-hydrogen) atoms. The van der Waals surface area contributed by atoms with Crippen LogP contribution < -0.4 is 16.0 Å². The number of carboxylic acid groups (broad SMARTS) is 2. The molecule has 1 aliphatic heterocycles.